The zero-order chi connectivity index (χ0) is 15.2. The van der Waals surface area contributed by atoms with Gasteiger partial charge in [-0.2, -0.15) is 0 Å². The number of sulfone groups is 1. The molecule has 110 valence electrons. The van der Waals surface area contributed by atoms with E-state index in [0.29, 0.717) is 12.0 Å². The summed E-state index contributed by atoms with van der Waals surface area (Å²) < 4.78 is 27.8. The summed E-state index contributed by atoms with van der Waals surface area (Å²) in [5.41, 5.74) is 0. The Bertz CT molecular complexity index is 595. The number of aliphatic carboxylic acids is 2. The van der Waals surface area contributed by atoms with Gasteiger partial charge in [0.15, 0.2) is 21.3 Å². The highest BCUT2D eigenvalue weighted by Crippen LogP contribution is 2.20. The zero-order valence-corrected chi connectivity index (χ0v) is 11.5. The number of benzene rings is 1. The molecule has 20 heavy (non-hydrogen) atoms. The molecule has 0 aromatic heterocycles. The van der Waals surface area contributed by atoms with Crippen molar-refractivity contribution < 1.29 is 37.4 Å². The van der Waals surface area contributed by atoms with E-state index < -0.39 is 27.5 Å². The molecule has 0 bridgehead atoms. The Morgan fingerprint density at radius 3 is 2.50 bits per heavy atom. The summed E-state index contributed by atoms with van der Waals surface area (Å²) in [7, 11) is -3.96. The topological polar surface area (TPSA) is 127 Å². The molecule has 0 saturated heterocycles. The summed E-state index contributed by atoms with van der Waals surface area (Å²) in [4.78, 5) is 25.1. The van der Waals surface area contributed by atoms with E-state index in [1.54, 1.807) is 0 Å². The highest BCUT2D eigenvalue weighted by molar-refractivity contribution is 7.95. The first-order chi connectivity index (χ1) is 9.31. The predicted octanol–water partition coefficient (Wildman–Crippen LogP) is 0.588. The lowest BCUT2D eigenvalue weighted by atomic mass is 10.3. The monoisotopic (exact) mass is 322 g/mol. The van der Waals surface area contributed by atoms with Crippen molar-refractivity contribution in [3.63, 3.8) is 0 Å². The minimum atomic E-state index is -3.96. The van der Waals surface area contributed by atoms with Crippen molar-refractivity contribution in [1.82, 2.24) is 0 Å². The Balaban J connectivity index is 2.71. The molecular weight excluding hydrogens is 312 g/mol. The van der Waals surface area contributed by atoms with Gasteiger partial charge in [-0.1, -0.05) is 6.07 Å². The van der Waals surface area contributed by atoms with E-state index in [9.17, 15) is 18.0 Å². The Labute approximate surface area is 118 Å². The van der Waals surface area contributed by atoms with Gasteiger partial charge >= 0.3 is 11.9 Å². The lowest BCUT2D eigenvalue weighted by Crippen LogP contribution is -2.15. The summed E-state index contributed by atoms with van der Waals surface area (Å²) in [6.07, 6.45) is 0. The SMILES string of the molecule is O=C(O)CSOOc1cccc(S(=O)(=O)CC(=O)O)c1. The van der Waals surface area contributed by atoms with Crippen molar-refractivity contribution in [2.24, 2.45) is 0 Å². The zero-order valence-electron chi connectivity index (χ0n) is 9.88. The number of hydrogen-bond donors (Lipinski definition) is 2. The first kappa shape index (κ1) is 16.3. The molecule has 0 spiro atoms. The lowest BCUT2D eigenvalue weighted by molar-refractivity contribution is -0.135. The standard InChI is InChI=1S/C10H10O8S2/c11-9(12)5-19-18-17-7-2-1-3-8(4-7)20(15,16)6-10(13)14/h1-4H,5-6H2,(H,11,12)(H,13,14). The van der Waals surface area contributed by atoms with E-state index in [1.165, 1.54) is 18.2 Å². The van der Waals surface area contributed by atoms with Gasteiger partial charge in [0, 0.05) is 6.07 Å². The third-order valence-electron chi connectivity index (χ3n) is 1.84. The van der Waals surface area contributed by atoms with Crippen LogP contribution in [0.1, 0.15) is 0 Å². The van der Waals surface area contributed by atoms with Gasteiger partial charge in [0.25, 0.3) is 0 Å². The van der Waals surface area contributed by atoms with Gasteiger partial charge in [0.1, 0.15) is 5.75 Å². The van der Waals surface area contributed by atoms with Crippen molar-refractivity contribution in [2.75, 3.05) is 11.5 Å². The van der Waals surface area contributed by atoms with E-state index in [-0.39, 0.29) is 16.4 Å². The fraction of sp³-hybridized carbons (Fsp3) is 0.200. The quantitative estimate of drug-likeness (QED) is 0.306. The van der Waals surface area contributed by atoms with Gasteiger partial charge < -0.3 is 15.1 Å². The van der Waals surface area contributed by atoms with Crippen molar-refractivity contribution in [3.8, 4) is 5.75 Å². The molecule has 10 heteroatoms. The number of rotatable bonds is 8. The van der Waals surface area contributed by atoms with Crippen LogP contribution in [0.25, 0.3) is 0 Å². The molecule has 8 nitrogen and oxygen atoms in total. The van der Waals surface area contributed by atoms with E-state index in [1.807, 2.05) is 0 Å². The highest BCUT2D eigenvalue weighted by Gasteiger charge is 2.19. The van der Waals surface area contributed by atoms with Crippen molar-refractivity contribution in [1.29, 1.82) is 0 Å². The van der Waals surface area contributed by atoms with Crippen LogP contribution in [0.4, 0.5) is 0 Å². The van der Waals surface area contributed by atoms with E-state index in [4.69, 9.17) is 10.2 Å². The van der Waals surface area contributed by atoms with Crippen molar-refractivity contribution in [3.05, 3.63) is 24.3 Å². The molecular formula is C10H10O8S2. The van der Waals surface area contributed by atoms with Crippen LogP contribution in [-0.2, 0) is 23.8 Å². The van der Waals surface area contributed by atoms with Crippen LogP contribution in [0.15, 0.2) is 29.2 Å². The lowest BCUT2D eigenvalue weighted by Gasteiger charge is -2.05. The maximum absolute atomic E-state index is 11.7. The summed E-state index contributed by atoms with van der Waals surface area (Å²) in [5.74, 6) is -3.95. The molecule has 0 aliphatic heterocycles. The van der Waals surface area contributed by atoms with Crippen LogP contribution >= 0.6 is 12.0 Å². The fourth-order valence-electron chi connectivity index (χ4n) is 1.10. The second-order valence-electron chi connectivity index (χ2n) is 3.43. The van der Waals surface area contributed by atoms with E-state index in [0.717, 1.165) is 6.07 Å². The number of carbonyl (C=O) groups is 2. The van der Waals surface area contributed by atoms with Gasteiger partial charge in [-0.3, -0.25) is 9.59 Å². The first-order valence-electron chi connectivity index (χ1n) is 5.04. The van der Waals surface area contributed by atoms with Crippen LogP contribution in [0.3, 0.4) is 0 Å². The summed E-state index contributed by atoms with van der Waals surface area (Å²) in [5, 5.41) is 16.9. The van der Waals surface area contributed by atoms with Crippen LogP contribution in [0, 0.1) is 0 Å². The Hall–Kier alpha value is -1.78. The summed E-state index contributed by atoms with van der Waals surface area (Å²) in [6, 6.07) is 5.02. The van der Waals surface area contributed by atoms with Crippen LogP contribution < -0.4 is 4.89 Å². The van der Waals surface area contributed by atoms with Crippen molar-refractivity contribution >= 4 is 33.8 Å². The predicted molar refractivity (Wildman–Crippen MR) is 67.9 cm³/mol. The maximum Gasteiger partial charge on any atom is 0.319 e. The molecule has 0 heterocycles. The smallest absolute Gasteiger partial charge is 0.319 e. The average Bonchev–Trinajstić information content (AvgIpc) is 2.33. The number of carboxylic acid groups (broad SMARTS) is 2. The molecule has 2 N–H and O–H groups in total. The number of carboxylic acids is 2. The van der Waals surface area contributed by atoms with Gasteiger partial charge in [0.05, 0.1) is 16.9 Å². The molecule has 0 unspecified atom stereocenters. The summed E-state index contributed by atoms with van der Waals surface area (Å²) >= 11 is 0.515. The Kier molecular flexibility index (Phi) is 5.80. The minimum absolute atomic E-state index is 0.00866. The van der Waals surface area contributed by atoms with Gasteiger partial charge in [-0.15, -0.1) is 4.33 Å². The molecule has 0 radical (unpaired) electrons. The maximum atomic E-state index is 11.7. The Morgan fingerprint density at radius 1 is 1.20 bits per heavy atom. The second-order valence-corrected chi connectivity index (χ2v) is 6.09. The normalized spacial score (nSPS) is 11.0. The molecule has 0 saturated carbocycles. The molecule has 0 aliphatic carbocycles. The largest absolute Gasteiger partial charge is 0.481 e. The molecule has 1 aromatic carbocycles. The van der Waals surface area contributed by atoms with Gasteiger partial charge in [0.2, 0.25) is 0 Å². The molecule has 0 aliphatic rings. The minimum Gasteiger partial charge on any atom is -0.481 e. The molecule has 0 atom stereocenters. The second kappa shape index (κ2) is 7.12. The first-order valence-corrected chi connectivity index (χ1v) is 7.60. The average molecular weight is 322 g/mol. The summed E-state index contributed by atoms with van der Waals surface area (Å²) in [6.45, 7) is 0. The van der Waals surface area contributed by atoms with Crippen LogP contribution in [0.2, 0.25) is 0 Å². The third-order valence-corrected chi connectivity index (χ3v) is 3.97. The van der Waals surface area contributed by atoms with E-state index >= 15 is 0 Å². The van der Waals surface area contributed by atoms with E-state index in [2.05, 4.69) is 9.22 Å². The molecule has 0 amide bonds. The molecule has 1 aromatic rings. The Morgan fingerprint density at radius 2 is 1.90 bits per heavy atom. The number of hydrogen-bond acceptors (Lipinski definition) is 7. The van der Waals surface area contributed by atoms with Crippen LogP contribution in [0.5, 0.6) is 5.75 Å². The highest BCUT2D eigenvalue weighted by atomic mass is 32.2. The molecule has 1 rings (SSSR count). The molecule has 0 fully saturated rings. The third kappa shape index (κ3) is 5.47. The van der Waals surface area contributed by atoms with Crippen LogP contribution in [-0.4, -0.2) is 42.1 Å². The van der Waals surface area contributed by atoms with Gasteiger partial charge in [-0.05, 0) is 12.1 Å². The fourth-order valence-corrected chi connectivity index (χ4v) is 2.45. The van der Waals surface area contributed by atoms with Crippen molar-refractivity contribution in [2.45, 2.75) is 4.90 Å². The van der Waals surface area contributed by atoms with Gasteiger partial charge in [-0.25, -0.2) is 8.42 Å².